The molecular weight excluding hydrogens is 254 g/mol. The lowest BCUT2D eigenvalue weighted by Crippen LogP contribution is -2.45. The average molecular weight is 279 g/mol. The first-order chi connectivity index (χ1) is 9.69. The molecule has 0 spiro atoms. The van der Waals surface area contributed by atoms with Crippen molar-refractivity contribution in [3.05, 3.63) is 23.9 Å². The standard InChI is InChI=1S/C15H25N3O2/c1-12-10-18(11-13(2)20-12)15-5-4-14(9-17-15)8-16-6-7-19-3/h4-5,9,12-13,16H,6-8,10-11H2,1-3H3/t12-,13+. The molecule has 2 atom stereocenters. The molecule has 1 fully saturated rings. The van der Waals surface area contributed by atoms with Crippen molar-refractivity contribution in [1.82, 2.24) is 10.3 Å². The van der Waals surface area contributed by atoms with Gasteiger partial charge in [0, 0.05) is 39.5 Å². The lowest BCUT2D eigenvalue weighted by molar-refractivity contribution is -0.00545. The van der Waals surface area contributed by atoms with E-state index in [0.29, 0.717) is 0 Å². The first-order valence-corrected chi connectivity index (χ1v) is 7.24. The SMILES string of the molecule is COCCNCc1ccc(N2C[C@@H](C)O[C@@H](C)C2)nc1. The van der Waals surface area contributed by atoms with Crippen LogP contribution >= 0.6 is 0 Å². The molecule has 20 heavy (non-hydrogen) atoms. The molecule has 0 saturated carbocycles. The third-order valence-corrected chi connectivity index (χ3v) is 3.36. The van der Waals surface area contributed by atoms with Crippen LogP contribution in [-0.2, 0) is 16.0 Å². The van der Waals surface area contributed by atoms with Crippen LogP contribution in [0.5, 0.6) is 0 Å². The largest absolute Gasteiger partial charge is 0.383 e. The molecular formula is C15H25N3O2. The van der Waals surface area contributed by atoms with Crippen molar-refractivity contribution in [2.24, 2.45) is 0 Å². The van der Waals surface area contributed by atoms with Gasteiger partial charge >= 0.3 is 0 Å². The Morgan fingerprint density at radius 1 is 1.35 bits per heavy atom. The van der Waals surface area contributed by atoms with Gasteiger partial charge in [-0.2, -0.15) is 0 Å². The molecule has 1 aliphatic heterocycles. The molecule has 2 rings (SSSR count). The summed E-state index contributed by atoms with van der Waals surface area (Å²) in [7, 11) is 1.71. The van der Waals surface area contributed by atoms with Gasteiger partial charge in [-0.3, -0.25) is 0 Å². The Balaban J connectivity index is 1.87. The Hall–Kier alpha value is -1.17. The summed E-state index contributed by atoms with van der Waals surface area (Å²) in [5.41, 5.74) is 1.19. The molecule has 1 aliphatic rings. The number of hydrogen-bond donors (Lipinski definition) is 1. The molecule has 1 N–H and O–H groups in total. The lowest BCUT2D eigenvalue weighted by atomic mass is 10.2. The number of morpholine rings is 1. The van der Waals surface area contributed by atoms with E-state index >= 15 is 0 Å². The number of aromatic nitrogens is 1. The van der Waals surface area contributed by atoms with E-state index in [4.69, 9.17) is 9.47 Å². The normalized spacial score (nSPS) is 23.1. The van der Waals surface area contributed by atoms with Gasteiger partial charge in [-0.05, 0) is 25.5 Å². The van der Waals surface area contributed by atoms with Gasteiger partial charge in [0.1, 0.15) is 5.82 Å². The number of nitrogens with one attached hydrogen (secondary N) is 1. The summed E-state index contributed by atoms with van der Waals surface area (Å²) in [6.07, 6.45) is 2.46. The molecule has 0 bridgehead atoms. The Labute approximate surface area is 121 Å². The summed E-state index contributed by atoms with van der Waals surface area (Å²) in [5.74, 6) is 1.03. The molecule has 1 aromatic heterocycles. The minimum absolute atomic E-state index is 0.260. The van der Waals surface area contributed by atoms with Crippen LogP contribution in [0, 0.1) is 0 Å². The highest BCUT2D eigenvalue weighted by molar-refractivity contribution is 5.40. The maximum Gasteiger partial charge on any atom is 0.128 e. The minimum atomic E-state index is 0.260. The van der Waals surface area contributed by atoms with Gasteiger partial charge in [0.2, 0.25) is 0 Å². The van der Waals surface area contributed by atoms with E-state index in [1.54, 1.807) is 7.11 Å². The molecule has 1 aromatic rings. The molecule has 0 amide bonds. The second-order valence-electron chi connectivity index (χ2n) is 5.36. The summed E-state index contributed by atoms with van der Waals surface area (Å²) in [5, 5.41) is 3.32. The maximum absolute atomic E-state index is 5.75. The predicted octanol–water partition coefficient (Wildman–Crippen LogP) is 1.43. The fourth-order valence-electron chi connectivity index (χ4n) is 2.48. The molecule has 0 radical (unpaired) electrons. The monoisotopic (exact) mass is 279 g/mol. The van der Waals surface area contributed by atoms with E-state index in [9.17, 15) is 0 Å². The lowest BCUT2D eigenvalue weighted by Gasteiger charge is -2.36. The maximum atomic E-state index is 5.75. The van der Waals surface area contributed by atoms with Gasteiger partial charge < -0.3 is 19.7 Å². The van der Waals surface area contributed by atoms with E-state index in [1.807, 2.05) is 6.20 Å². The highest BCUT2D eigenvalue weighted by Gasteiger charge is 2.22. The van der Waals surface area contributed by atoms with Crippen LogP contribution in [0.4, 0.5) is 5.82 Å². The van der Waals surface area contributed by atoms with Crippen molar-refractivity contribution in [3.8, 4) is 0 Å². The van der Waals surface area contributed by atoms with Crippen molar-refractivity contribution in [2.45, 2.75) is 32.6 Å². The minimum Gasteiger partial charge on any atom is -0.383 e. The first-order valence-electron chi connectivity index (χ1n) is 7.24. The summed E-state index contributed by atoms with van der Waals surface area (Å²) >= 11 is 0. The van der Waals surface area contributed by atoms with Crippen LogP contribution in [0.2, 0.25) is 0 Å². The zero-order valence-electron chi connectivity index (χ0n) is 12.6. The molecule has 1 saturated heterocycles. The smallest absolute Gasteiger partial charge is 0.128 e. The van der Waals surface area contributed by atoms with E-state index < -0.39 is 0 Å². The van der Waals surface area contributed by atoms with E-state index in [0.717, 1.165) is 38.6 Å². The zero-order chi connectivity index (χ0) is 14.4. The van der Waals surface area contributed by atoms with Crippen LogP contribution in [-0.4, -0.2) is 50.5 Å². The fraction of sp³-hybridized carbons (Fsp3) is 0.667. The van der Waals surface area contributed by atoms with E-state index in [1.165, 1.54) is 5.56 Å². The van der Waals surface area contributed by atoms with Crippen LogP contribution in [0.25, 0.3) is 0 Å². The van der Waals surface area contributed by atoms with Gasteiger partial charge in [0.15, 0.2) is 0 Å². The van der Waals surface area contributed by atoms with Crippen molar-refractivity contribution >= 4 is 5.82 Å². The summed E-state index contributed by atoms with van der Waals surface area (Å²) in [6, 6.07) is 4.23. The Bertz CT molecular complexity index is 387. The zero-order valence-corrected chi connectivity index (χ0v) is 12.6. The van der Waals surface area contributed by atoms with Crippen LogP contribution in [0.3, 0.4) is 0 Å². The second kappa shape index (κ2) is 7.57. The summed E-state index contributed by atoms with van der Waals surface area (Å²) in [6.45, 7) is 8.44. The molecule has 2 heterocycles. The molecule has 0 aromatic carbocycles. The van der Waals surface area contributed by atoms with Crippen LogP contribution < -0.4 is 10.2 Å². The van der Waals surface area contributed by atoms with Crippen molar-refractivity contribution in [2.75, 3.05) is 38.3 Å². The molecule has 0 unspecified atom stereocenters. The Morgan fingerprint density at radius 2 is 2.10 bits per heavy atom. The van der Waals surface area contributed by atoms with Crippen LogP contribution in [0.1, 0.15) is 19.4 Å². The number of rotatable bonds is 6. The number of hydrogen-bond acceptors (Lipinski definition) is 5. The van der Waals surface area contributed by atoms with E-state index in [2.05, 4.69) is 41.2 Å². The topological polar surface area (TPSA) is 46.6 Å². The summed E-state index contributed by atoms with van der Waals surface area (Å²) < 4.78 is 10.7. The molecule has 112 valence electrons. The number of anilines is 1. The van der Waals surface area contributed by atoms with Crippen molar-refractivity contribution in [3.63, 3.8) is 0 Å². The Morgan fingerprint density at radius 3 is 2.70 bits per heavy atom. The molecule has 0 aliphatic carbocycles. The van der Waals surface area contributed by atoms with Gasteiger partial charge in [0.05, 0.1) is 18.8 Å². The third kappa shape index (κ3) is 4.44. The third-order valence-electron chi connectivity index (χ3n) is 3.36. The molecule has 5 nitrogen and oxygen atoms in total. The van der Waals surface area contributed by atoms with E-state index in [-0.39, 0.29) is 12.2 Å². The fourth-order valence-corrected chi connectivity index (χ4v) is 2.48. The highest BCUT2D eigenvalue weighted by atomic mass is 16.5. The van der Waals surface area contributed by atoms with Gasteiger partial charge in [-0.15, -0.1) is 0 Å². The second-order valence-corrected chi connectivity index (χ2v) is 5.36. The van der Waals surface area contributed by atoms with Crippen LogP contribution in [0.15, 0.2) is 18.3 Å². The number of methoxy groups -OCH3 is 1. The number of pyridine rings is 1. The average Bonchev–Trinajstić information content (AvgIpc) is 2.43. The predicted molar refractivity (Wildman–Crippen MR) is 80.0 cm³/mol. The summed E-state index contributed by atoms with van der Waals surface area (Å²) in [4.78, 5) is 6.86. The van der Waals surface area contributed by atoms with Crippen molar-refractivity contribution < 1.29 is 9.47 Å². The number of ether oxygens (including phenoxy) is 2. The van der Waals surface area contributed by atoms with Crippen molar-refractivity contribution in [1.29, 1.82) is 0 Å². The molecule has 5 heteroatoms. The van der Waals surface area contributed by atoms with Gasteiger partial charge in [0.25, 0.3) is 0 Å². The first kappa shape index (κ1) is 15.2. The highest BCUT2D eigenvalue weighted by Crippen LogP contribution is 2.18. The van der Waals surface area contributed by atoms with Gasteiger partial charge in [-0.1, -0.05) is 6.07 Å². The Kier molecular flexibility index (Phi) is 5.76. The number of nitrogens with zero attached hydrogens (tertiary/aromatic N) is 2. The quantitative estimate of drug-likeness (QED) is 0.798. The van der Waals surface area contributed by atoms with Gasteiger partial charge in [-0.25, -0.2) is 4.98 Å².